The van der Waals surface area contributed by atoms with E-state index in [1.54, 1.807) is 12.4 Å². The van der Waals surface area contributed by atoms with Crippen LogP contribution in [0.15, 0.2) is 58.8 Å². The number of aromatic nitrogens is 2. The van der Waals surface area contributed by atoms with Crippen molar-refractivity contribution in [3.63, 3.8) is 0 Å². The van der Waals surface area contributed by atoms with E-state index >= 15 is 0 Å². The Hall–Kier alpha value is 0.419. The van der Waals surface area contributed by atoms with Gasteiger partial charge in [-0.15, -0.1) is 23.2 Å². The van der Waals surface area contributed by atoms with Crippen LogP contribution in [0.4, 0.5) is 0 Å². The molecule has 0 saturated carbocycles. The van der Waals surface area contributed by atoms with Crippen LogP contribution in [0, 0.1) is 10.8 Å². The number of hydrogen-bond acceptors (Lipinski definition) is 4. The maximum absolute atomic E-state index is 4.76. The van der Waals surface area contributed by atoms with Crippen LogP contribution in [0.5, 0.6) is 0 Å². The summed E-state index contributed by atoms with van der Waals surface area (Å²) < 4.78 is 0. The molecule has 2 aromatic rings. The molecule has 4 nitrogen and oxygen atoms in total. The maximum atomic E-state index is 4.76. The molecule has 0 aliphatic carbocycles. The van der Waals surface area contributed by atoms with E-state index in [0.29, 0.717) is 10.8 Å². The summed E-state index contributed by atoms with van der Waals surface area (Å²) in [5, 5.41) is 0.194. The number of alkyl halides is 2. The van der Waals surface area contributed by atoms with Crippen molar-refractivity contribution in [2.45, 2.75) is 101 Å². The van der Waals surface area contributed by atoms with Gasteiger partial charge in [-0.2, -0.15) is 0 Å². The summed E-state index contributed by atoms with van der Waals surface area (Å²) >= 11 is 9.92. The van der Waals surface area contributed by atoms with Crippen LogP contribution in [-0.4, -0.2) is 38.8 Å². The van der Waals surface area contributed by atoms with Crippen LogP contribution < -0.4 is 0 Å². The molecule has 2 heterocycles. The first kappa shape index (κ1) is 49.3. The zero-order chi connectivity index (χ0) is 32.6. The monoisotopic (exact) mass is 788 g/mol. The van der Waals surface area contributed by atoms with Gasteiger partial charge in [0.25, 0.3) is 0 Å². The average molecular weight is 791 g/mol. The normalized spacial score (nSPS) is 11.6. The van der Waals surface area contributed by atoms with Gasteiger partial charge in [0, 0.05) is 24.8 Å². The topological polar surface area (TPSA) is 50.5 Å². The predicted molar refractivity (Wildman–Crippen MR) is 187 cm³/mol. The van der Waals surface area contributed by atoms with E-state index in [1.165, 1.54) is 0 Å². The Balaban J connectivity index is -0.000000263. The average Bonchev–Trinajstić information content (AvgIpc) is 2.82. The van der Waals surface area contributed by atoms with Gasteiger partial charge in [0.1, 0.15) is 0 Å². The van der Waals surface area contributed by atoms with Gasteiger partial charge in [-0.05, 0) is 75.6 Å². The Labute approximate surface area is 296 Å². The van der Waals surface area contributed by atoms with E-state index in [4.69, 9.17) is 63.6 Å². The zero-order valence-electron chi connectivity index (χ0n) is 25.7. The van der Waals surface area contributed by atoms with Crippen LogP contribution in [-0.2, 0) is 26.3 Å². The van der Waals surface area contributed by atoms with Crippen LogP contribution >= 0.6 is 63.6 Å². The standard InChI is InChI=1S/2C14H22N2.CH2Cl2.CH4.4ClH.2Fe/c2*1-13(2,3)11-14(4,5)16-10-12-8-6-7-9-15-12;2-1-3;;;;;;;/h2*6-10H,11H2,1-5H3;1H2;1H4;4*1H;;/q;;;;;;;;2*+2/p-4. The quantitative estimate of drug-likeness (QED) is 0.166. The molecule has 0 amide bonds. The van der Waals surface area contributed by atoms with Crippen molar-refractivity contribution >= 4 is 76.0 Å². The molecule has 0 unspecified atom stereocenters. The molecule has 0 spiro atoms. The molecule has 0 saturated heterocycles. The van der Waals surface area contributed by atoms with E-state index in [-0.39, 0.29) is 50.1 Å². The summed E-state index contributed by atoms with van der Waals surface area (Å²) in [5.74, 6) is 0. The van der Waals surface area contributed by atoms with Gasteiger partial charge < -0.3 is 0 Å². The first-order chi connectivity index (χ1) is 18.8. The Morgan fingerprint density at radius 3 is 1.07 bits per heavy atom. The molecule has 0 aliphatic heterocycles. The third kappa shape index (κ3) is 38.4. The van der Waals surface area contributed by atoms with Crippen LogP contribution in [0.3, 0.4) is 0 Å². The predicted octanol–water partition coefficient (Wildman–Crippen LogP) is 12.2. The van der Waals surface area contributed by atoms with Crippen molar-refractivity contribution in [2.24, 2.45) is 20.8 Å². The third-order valence-corrected chi connectivity index (χ3v) is 4.39. The second-order valence-electron chi connectivity index (χ2n) is 12.3. The fourth-order valence-corrected chi connectivity index (χ4v) is 4.07. The van der Waals surface area contributed by atoms with Crippen molar-refractivity contribution in [1.29, 1.82) is 0 Å². The van der Waals surface area contributed by atoms with Crippen molar-refractivity contribution in [2.75, 3.05) is 5.34 Å². The Kier molecular flexibility index (Phi) is 32.5. The number of halogens is 6. The number of pyridine rings is 2. The summed E-state index contributed by atoms with van der Waals surface area (Å²) in [4.78, 5) is 17.7. The molecule has 248 valence electrons. The van der Waals surface area contributed by atoms with Crippen molar-refractivity contribution < 1.29 is 26.3 Å². The second kappa shape index (κ2) is 27.7. The molecule has 2 rings (SSSR count). The van der Waals surface area contributed by atoms with Crippen molar-refractivity contribution in [1.82, 2.24) is 9.97 Å². The Morgan fingerprint density at radius 1 is 0.619 bits per heavy atom. The molecule has 0 N–H and O–H groups in total. The number of rotatable bonds is 6. The molecular weight excluding hydrogens is 741 g/mol. The van der Waals surface area contributed by atoms with Gasteiger partial charge in [0.2, 0.25) is 0 Å². The molecular formula is C30H50Cl6Fe2N4. The molecule has 0 aliphatic rings. The Bertz CT molecular complexity index is 841. The van der Waals surface area contributed by atoms with Crippen LogP contribution in [0.2, 0.25) is 0 Å². The molecule has 0 aromatic carbocycles. The SMILES string of the molecule is C.CC(C)(C)CC(C)(C)N=Cc1ccccn1.CC(C)(C)CC(C)(C)N=Cc1ccccn1.ClCCl.[Cl][Fe][Cl].[Cl][Fe][Cl]. The number of aliphatic imine (C=N–C) groups is 2. The molecule has 42 heavy (non-hydrogen) atoms. The van der Waals surface area contributed by atoms with Crippen molar-refractivity contribution in [3.05, 3.63) is 60.2 Å². The third-order valence-electron chi connectivity index (χ3n) is 4.39. The molecule has 0 fully saturated rings. The fourth-order valence-electron chi connectivity index (χ4n) is 4.07. The summed E-state index contributed by atoms with van der Waals surface area (Å²) in [6.45, 7) is 22.1. The number of hydrogen-bond donors (Lipinski definition) is 0. The second-order valence-corrected chi connectivity index (χ2v) is 16.8. The van der Waals surface area contributed by atoms with Gasteiger partial charge in [-0.1, -0.05) is 61.1 Å². The molecule has 12 heteroatoms. The van der Waals surface area contributed by atoms with Gasteiger partial charge in [0.05, 0.1) is 27.8 Å². The molecule has 0 radical (unpaired) electrons. The first-order valence-electron chi connectivity index (χ1n) is 12.6. The fraction of sp³-hybridized carbons (Fsp3) is 0.600. The summed E-state index contributed by atoms with van der Waals surface area (Å²) in [6, 6.07) is 11.7. The molecule has 2 aromatic heterocycles. The van der Waals surface area contributed by atoms with Gasteiger partial charge in [0.15, 0.2) is 0 Å². The minimum atomic E-state index is -0.0320. The summed E-state index contributed by atoms with van der Waals surface area (Å²) in [6.07, 6.45) is 9.43. The molecule has 0 atom stereocenters. The minimum absolute atomic E-state index is 0. The van der Waals surface area contributed by atoms with Gasteiger partial charge >= 0.3 is 66.7 Å². The van der Waals surface area contributed by atoms with E-state index in [2.05, 4.69) is 89.2 Å². The zero-order valence-corrected chi connectivity index (χ0v) is 32.4. The van der Waals surface area contributed by atoms with Crippen LogP contribution in [0.1, 0.15) is 101 Å². The number of nitrogens with zero attached hydrogens (tertiary/aromatic N) is 4. The van der Waals surface area contributed by atoms with Crippen molar-refractivity contribution in [3.8, 4) is 0 Å². The van der Waals surface area contributed by atoms with E-state index < -0.39 is 0 Å². The Morgan fingerprint density at radius 2 is 0.881 bits per heavy atom. The molecule has 0 bridgehead atoms. The summed E-state index contributed by atoms with van der Waals surface area (Å²) in [7, 11) is 19.1. The van der Waals surface area contributed by atoms with Crippen LogP contribution in [0.25, 0.3) is 0 Å². The summed E-state index contributed by atoms with van der Waals surface area (Å²) in [5.41, 5.74) is 2.37. The van der Waals surface area contributed by atoms with E-state index in [1.807, 2.05) is 48.8 Å². The van der Waals surface area contributed by atoms with E-state index in [9.17, 15) is 0 Å². The van der Waals surface area contributed by atoms with Gasteiger partial charge in [-0.25, -0.2) is 0 Å². The van der Waals surface area contributed by atoms with E-state index in [0.717, 1.165) is 24.2 Å². The first-order valence-corrected chi connectivity index (χ1v) is 19.7. The van der Waals surface area contributed by atoms with Gasteiger partial charge in [-0.3, -0.25) is 20.0 Å².